The van der Waals surface area contributed by atoms with Crippen molar-refractivity contribution in [2.45, 2.75) is 24.8 Å². The molecular formula is C15H18BrNO2S2. The predicted molar refractivity (Wildman–Crippen MR) is 91.8 cm³/mol. The van der Waals surface area contributed by atoms with Crippen LogP contribution in [0.3, 0.4) is 0 Å². The lowest BCUT2D eigenvalue weighted by atomic mass is 10.1. The third-order valence-electron chi connectivity index (χ3n) is 3.13. The molecule has 0 aliphatic carbocycles. The number of nitrogens with one attached hydrogen (secondary N) is 1. The van der Waals surface area contributed by atoms with Crippen LogP contribution >= 0.6 is 27.3 Å². The van der Waals surface area contributed by atoms with E-state index < -0.39 is 9.84 Å². The van der Waals surface area contributed by atoms with Crippen LogP contribution in [0.4, 0.5) is 0 Å². The highest BCUT2D eigenvalue weighted by Crippen LogP contribution is 2.36. The van der Waals surface area contributed by atoms with Gasteiger partial charge in [0.15, 0.2) is 9.84 Å². The van der Waals surface area contributed by atoms with E-state index in [0.29, 0.717) is 4.90 Å². The summed E-state index contributed by atoms with van der Waals surface area (Å²) in [5.41, 5.74) is 0.960. The number of hydrogen-bond donors (Lipinski definition) is 1. The van der Waals surface area contributed by atoms with E-state index in [1.54, 1.807) is 29.5 Å². The maximum absolute atomic E-state index is 11.7. The van der Waals surface area contributed by atoms with Gasteiger partial charge < -0.3 is 5.32 Å². The molecule has 0 aliphatic rings. The molecule has 1 aromatic heterocycles. The van der Waals surface area contributed by atoms with Crippen LogP contribution in [0.2, 0.25) is 0 Å². The Morgan fingerprint density at radius 2 is 2.05 bits per heavy atom. The second kappa shape index (κ2) is 6.60. The number of sulfone groups is 1. The van der Waals surface area contributed by atoms with Crippen LogP contribution in [-0.4, -0.2) is 21.2 Å². The number of hydrogen-bond acceptors (Lipinski definition) is 4. The molecule has 1 N–H and O–H groups in total. The van der Waals surface area contributed by atoms with Gasteiger partial charge in [-0.2, -0.15) is 0 Å². The second-order valence-corrected chi connectivity index (χ2v) is 9.06. The Kier molecular flexibility index (Phi) is 5.24. The van der Waals surface area contributed by atoms with E-state index >= 15 is 0 Å². The molecule has 0 saturated carbocycles. The molecule has 0 radical (unpaired) electrons. The summed E-state index contributed by atoms with van der Waals surface area (Å²) in [5.74, 6) is 0. The number of rotatable bonds is 5. The fourth-order valence-corrected chi connectivity index (χ4v) is 4.85. The minimum Gasteiger partial charge on any atom is -0.306 e. The van der Waals surface area contributed by atoms with E-state index in [4.69, 9.17) is 0 Å². The van der Waals surface area contributed by atoms with Crippen LogP contribution < -0.4 is 5.32 Å². The second-order valence-electron chi connectivity index (χ2n) is 4.90. The lowest BCUT2D eigenvalue weighted by Crippen LogP contribution is -2.21. The van der Waals surface area contributed by atoms with Gasteiger partial charge in [-0.05, 0) is 53.2 Å². The van der Waals surface area contributed by atoms with Crippen molar-refractivity contribution in [3.63, 3.8) is 0 Å². The largest absolute Gasteiger partial charge is 0.306 e. The van der Waals surface area contributed by atoms with E-state index in [-0.39, 0.29) is 6.04 Å². The van der Waals surface area contributed by atoms with Gasteiger partial charge in [0.2, 0.25) is 0 Å². The summed E-state index contributed by atoms with van der Waals surface area (Å²) in [6, 6.07) is 9.23. The van der Waals surface area contributed by atoms with Gasteiger partial charge in [0.1, 0.15) is 0 Å². The molecule has 6 heteroatoms. The van der Waals surface area contributed by atoms with Gasteiger partial charge in [-0.1, -0.05) is 19.1 Å². The predicted octanol–water partition coefficient (Wildman–Crippen LogP) is 3.92. The third kappa shape index (κ3) is 3.94. The summed E-state index contributed by atoms with van der Waals surface area (Å²) in [7, 11) is -3.20. The minimum atomic E-state index is -3.20. The summed E-state index contributed by atoms with van der Waals surface area (Å²) in [6.45, 7) is 4.91. The molecule has 21 heavy (non-hydrogen) atoms. The topological polar surface area (TPSA) is 46.2 Å². The molecule has 1 heterocycles. The maximum atomic E-state index is 11.7. The molecule has 0 saturated heterocycles. The summed E-state index contributed by atoms with van der Waals surface area (Å²) < 4.78 is 24.5. The van der Waals surface area contributed by atoms with E-state index in [1.807, 2.05) is 13.0 Å². The van der Waals surface area contributed by atoms with Gasteiger partial charge in [-0.15, -0.1) is 11.3 Å². The summed E-state index contributed by atoms with van der Waals surface area (Å²) >= 11 is 5.31. The van der Waals surface area contributed by atoms with E-state index in [2.05, 4.69) is 34.2 Å². The highest BCUT2D eigenvalue weighted by Gasteiger charge is 2.20. The third-order valence-corrected chi connectivity index (χ3v) is 6.27. The fraction of sp³-hybridized carbons (Fsp3) is 0.333. The van der Waals surface area contributed by atoms with Gasteiger partial charge in [0.25, 0.3) is 0 Å². The molecule has 1 atom stereocenters. The van der Waals surface area contributed by atoms with Crippen molar-refractivity contribution in [3.05, 3.63) is 50.1 Å². The molecule has 3 nitrogen and oxygen atoms in total. The Bertz CT molecular complexity index is 738. The molecule has 0 aliphatic heterocycles. The summed E-state index contributed by atoms with van der Waals surface area (Å²) in [5, 5.41) is 3.43. The normalized spacial score (nSPS) is 13.3. The van der Waals surface area contributed by atoms with Crippen molar-refractivity contribution in [3.8, 4) is 0 Å². The van der Waals surface area contributed by atoms with Gasteiger partial charge in [0, 0.05) is 20.5 Å². The molecule has 0 spiro atoms. The Hall–Kier alpha value is -0.690. The van der Waals surface area contributed by atoms with Gasteiger partial charge in [0.05, 0.1) is 10.9 Å². The van der Waals surface area contributed by atoms with Crippen LogP contribution in [0.1, 0.15) is 28.3 Å². The van der Waals surface area contributed by atoms with Crippen molar-refractivity contribution in [2.75, 3.05) is 12.8 Å². The molecule has 114 valence electrons. The molecule has 0 amide bonds. The van der Waals surface area contributed by atoms with E-state index in [0.717, 1.165) is 16.6 Å². The lowest BCUT2D eigenvalue weighted by molar-refractivity contribution is 0.600. The molecule has 2 aromatic rings. The molecule has 0 bridgehead atoms. The first-order valence-corrected chi connectivity index (χ1v) is 10.1. The number of benzene rings is 1. The zero-order valence-corrected chi connectivity index (χ0v) is 15.4. The van der Waals surface area contributed by atoms with Crippen molar-refractivity contribution in [1.29, 1.82) is 0 Å². The van der Waals surface area contributed by atoms with Crippen LogP contribution in [0, 0.1) is 6.92 Å². The van der Waals surface area contributed by atoms with Crippen LogP contribution in [-0.2, 0) is 9.84 Å². The summed E-state index contributed by atoms with van der Waals surface area (Å²) in [6.07, 6.45) is 1.24. The zero-order valence-electron chi connectivity index (χ0n) is 12.2. The number of halogens is 1. The molecule has 1 unspecified atom stereocenters. The molecule has 1 aromatic carbocycles. The highest BCUT2D eigenvalue weighted by atomic mass is 79.9. The van der Waals surface area contributed by atoms with Crippen molar-refractivity contribution in [2.24, 2.45) is 0 Å². The van der Waals surface area contributed by atoms with Crippen molar-refractivity contribution >= 4 is 37.1 Å². The lowest BCUT2D eigenvalue weighted by Gasteiger charge is -2.18. The van der Waals surface area contributed by atoms with Crippen molar-refractivity contribution in [1.82, 2.24) is 5.32 Å². The molecule has 0 fully saturated rings. The van der Waals surface area contributed by atoms with Crippen LogP contribution in [0.15, 0.2) is 39.7 Å². The average molecular weight is 388 g/mol. The van der Waals surface area contributed by atoms with E-state index in [1.165, 1.54) is 16.0 Å². The fourth-order valence-electron chi connectivity index (χ4n) is 2.19. The van der Waals surface area contributed by atoms with Gasteiger partial charge >= 0.3 is 0 Å². The Morgan fingerprint density at radius 3 is 2.57 bits per heavy atom. The summed E-state index contributed by atoms with van der Waals surface area (Å²) in [4.78, 5) is 2.74. The highest BCUT2D eigenvalue weighted by molar-refractivity contribution is 9.10. The first kappa shape index (κ1) is 16.7. The number of aryl methyl sites for hydroxylation is 1. The first-order valence-electron chi connectivity index (χ1n) is 6.62. The smallest absolute Gasteiger partial charge is 0.175 e. The zero-order chi connectivity index (χ0) is 15.6. The quantitative estimate of drug-likeness (QED) is 0.845. The molecule has 2 rings (SSSR count). The van der Waals surface area contributed by atoms with E-state index in [9.17, 15) is 8.42 Å². The Morgan fingerprint density at radius 1 is 1.33 bits per heavy atom. The van der Waals surface area contributed by atoms with Gasteiger partial charge in [-0.25, -0.2) is 8.42 Å². The SMILES string of the molecule is CCNC(c1cccc(S(C)(=O)=O)c1)c1sc(C)cc1Br. The Balaban J connectivity index is 2.51. The minimum absolute atomic E-state index is 0.00947. The first-order chi connectivity index (χ1) is 9.82. The van der Waals surface area contributed by atoms with Crippen LogP contribution in [0.5, 0.6) is 0 Å². The Labute approximate surface area is 138 Å². The molecular weight excluding hydrogens is 370 g/mol. The van der Waals surface area contributed by atoms with Gasteiger partial charge in [-0.3, -0.25) is 0 Å². The number of thiophene rings is 1. The standard InChI is InChI=1S/C15H18BrNO2S2/c1-4-17-14(15-13(16)8-10(2)20-15)11-6-5-7-12(9-11)21(3,18)19/h5-9,14,17H,4H2,1-3H3. The average Bonchev–Trinajstić information content (AvgIpc) is 2.74. The maximum Gasteiger partial charge on any atom is 0.175 e. The monoisotopic (exact) mass is 387 g/mol. The van der Waals surface area contributed by atoms with Crippen LogP contribution in [0.25, 0.3) is 0 Å². The van der Waals surface area contributed by atoms with Crippen molar-refractivity contribution < 1.29 is 8.42 Å².